The number of alkyl halides is 3. The van der Waals surface area contributed by atoms with E-state index in [9.17, 15) is 26.7 Å². The highest BCUT2D eigenvalue weighted by Crippen LogP contribution is 2.36. The van der Waals surface area contributed by atoms with Gasteiger partial charge in [-0.15, -0.1) is 0 Å². The molecule has 21 heavy (non-hydrogen) atoms. The second kappa shape index (κ2) is 5.50. The van der Waals surface area contributed by atoms with Crippen LogP contribution in [-0.4, -0.2) is 30.3 Å². The van der Waals surface area contributed by atoms with Crippen molar-refractivity contribution in [1.29, 1.82) is 0 Å². The monoisotopic (exact) mass is 309 g/mol. The average Bonchev–Trinajstić information content (AvgIpc) is 2.40. The third-order valence-corrected chi connectivity index (χ3v) is 3.59. The Kier molecular flexibility index (Phi) is 4.06. The molecule has 1 aromatic carbocycles. The molecule has 0 atom stereocenters. The number of carboxylic acid groups (broad SMARTS) is 1. The lowest BCUT2D eigenvalue weighted by Crippen LogP contribution is -2.39. The molecule has 0 saturated carbocycles. The molecule has 0 unspecified atom stereocenters. The van der Waals surface area contributed by atoms with Crippen molar-refractivity contribution in [2.75, 3.05) is 18.0 Å². The number of halogens is 5. The van der Waals surface area contributed by atoms with Crippen LogP contribution in [0.1, 0.15) is 23.2 Å². The van der Waals surface area contributed by atoms with Gasteiger partial charge in [0.15, 0.2) is 11.6 Å². The summed E-state index contributed by atoms with van der Waals surface area (Å²) in [4.78, 5) is 12.0. The molecular formula is C13H12F5NO2. The molecule has 2 rings (SSSR count). The fraction of sp³-hybridized carbons (Fsp3) is 0.462. The summed E-state index contributed by atoms with van der Waals surface area (Å²) >= 11 is 0. The smallest absolute Gasteiger partial charge is 0.391 e. The van der Waals surface area contributed by atoms with E-state index >= 15 is 0 Å². The van der Waals surface area contributed by atoms with Crippen LogP contribution in [0.2, 0.25) is 0 Å². The number of rotatable bonds is 2. The van der Waals surface area contributed by atoms with Crippen LogP contribution in [0, 0.1) is 17.6 Å². The van der Waals surface area contributed by atoms with Crippen LogP contribution in [0.3, 0.4) is 0 Å². The van der Waals surface area contributed by atoms with Crippen LogP contribution < -0.4 is 4.90 Å². The Bertz CT molecular complexity index is 550. The van der Waals surface area contributed by atoms with Crippen molar-refractivity contribution in [2.45, 2.75) is 19.0 Å². The number of piperidine rings is 1. The maximum Gasteiger partial charge on any atom is 0.391 e. The molecule has 1 heterocycles. The van der Waals surface area contributed by atoms with E-state index in [4.69, 9.17) is 5.11 Å². The lowest BCUT2D eigenvalue weighted by atomic mass is 9.96. The van der Waals surface area contributed by atoms with Crippen LogP contribution in [0.25, 0.3) is 0 Å². The highest BCUT2D eigenvalue weighted by molar-refractivity contribution is 5.88. The average molecular weight is 309 g/mol. The third kappa shape index (κ3) is 3.08. The molecule has 0 bridgehead atoms. The predicted molar refractivity (Wildman–Crippen MR) is 64.3 cm³/mol. The number of aromatic carboxylic acids is 1. The van der Waals surface area contributed by atoms with Crippen LogP contribution >= 0.6 is 0 Å². The van der Waals surface area contributed by atoms with E-state index in [0.717, 1.165) is 12.1 Å². The Morgan fingerprint density at radius 1 is 1.14 bits per heavy atom. The van der Waals surface area contributed by atoms with E-state index in [-0.39, 0.29) is 31.6 Å². The van der Waals surface area contributed by atoms with Gasteiger partial charge in [0.1, 0.15) is 0 Å². The molecule has 1 saturated heterocycles. The first kappa shape index (κ1) is 15.5. The Morgan fingerprint density at radius 3 is 2.19 bits per heavy atom. The quantitative estimate of drug-likeness (QED) is 0.851. The summed E-state index contributed by atoms with van der Waals surface area (Å²) in [6, 6.07) is 1.99. The lowest BCUT2D eigenvalue weighted by molar-refractivity contribution is -0.179. The summed E-state index contributed by atoms with van der Waals surface area (Å²) < 4.78 is 65.0. The summed E-state index contributed by atoms with van der Waals surface area (Å²) in [6.07, 6.45) is -4.69. The van der Waals surface area contributed by atoms with Gasteiger partial charge < -0.3 is 10.0 Å². The molecule has 0 aliphatic carbocycles. The zero-order valence-electron chi connectivity index (χ0n) is 10.8. The van der Waals surface area contributed by atoms with Gasteiger partial charge in [0.05, 0.1) is 17.2 Å². The third-order valence-electron chi connectivity index (χ3n) is 3.59. The summed E-state index contributed by atoms with van der Waals surface area (Å²) in [5.41, 5.74) is -1.01. The van der Waals surface area contributed by atoms with Gasteiger partial charge in [0.2, 0.25) is 0 Å². The highest BCUT2D eigenvalue weighted by atomic mass is 19.4. The van der Waals surface area contributed by atoms with Crippen LogP contribution in [0.5, 0.6) is 0 Å². The Balaban J connectivity index is 2.18. The van der Waals surface area contributed by atoms with Crippen molar-refractivity contribution in [3.63, 3.8) is 0 Å². The maximum absolute atomic E-state index is 13.8. The summed E-state index contributed by atoms with van der Waals surface area (Å²) in [7, 11) is 0. The molecule has 1 aliphatic rings. The van der Waals surface area contributed by atoms with Crippen LogP contribution in [0.15, 0.2) is 12.1 Å². The number of benzene rings is 1. The number of hydrogen-bond acceptors (Lipinski definition) is 2. The molecule has 1 N–H and O–H groups in total. The van der Waals surface area contributed by atoms with Crippen molar-refractivity contribution < 1.29 is 31.9 Å². The van der Waals surface area contributed by atoms with Gasteiger partial charge >= 0.3 is 12.1 Å². The van der Waals surface area contributed by atoms with Gasteiger partial charge in [-0.05, 0) is 25.0 Å². The van der Waals surface area contributed by atoms with Gasteiger partial charge in [0, 0.05) is 13.1 Å². The first-order chi connectivity index (χ1) is 9.71. The number of carbonyl (C=O) groups is 1. The van der Waals surface area contributed by atoms with Gasteiger partial charge in [-0.25, -0.2) is 13.6 Å². The van der Waals surface area contributed by atoms with Gasteiger partial charge in [0.25, 0.3) is 0 Å². The number of anilines is 1. The molecule has 0 aromatic heterocycles. The standard InChI is InChI=1S/C13H12F5NO2/c14-10-8(12(20)21)1-2-9(11(10)15)19-5-3-7(4-6-19)13(16,17)18/h1-2,7H,3-6H2,(H,20,21). The van der Waals surface area contributed by atoms with Crippen molar-refractivity contribution in [3.05, 3.63) is 29.3 Å². The fourth-order valence-corrected chi connectivity index (χ4v) is 2.40. The zero-order chi connectivity index (χ0) is 15.8. The molecule has 0 radical (unpaired) electrons. The Hall–Kier alpha value is -1.86. The first-order valence-corrected chi connectivity index (χ1v) is 6.24. The van der Waals surface area contributed by atoms with Gasteiger partial charge in [-0.1, -0.05) is 0 Å². The van der Waals surface area contributed by atoms with E-state index in [0.29, 0.717) is 0 Å². The summed E-state index contributed by atoms with van der Waals surface area (Å²) in [5, 5.41) is 8.67. The first-order valence-electron chi connectivity index (χ1n) is 6.24. The lowest BCUT2D eigenvalue weighted by Gasteiger charge is -2.34. The molecule has 116 valence electrons. The van der Waals surface area contributed by atoms with Crippen molar-refractivity contribution in [3.8, 4) is 0 Å². The van der Waals surface area contributed by atoms with E-state index in [1.165, 1.54) is 4.90 Å². The predicted octanol–water partition coefficient (Wildman–Crippen LogP) is 3.44. The highest BCUT2D eigenvalue weighted by Gasteiger charge is 2.41. The molecule has 0 spiro atoms. The fourth-order valence-electron chi connectivity index (χ4n) is 2.40. The normalized spacial score (nSPS) is 17.1. The van der Waals surface area contributed by atoms with E-state index in [2.05, 4.69) is 0 Å². The molecule has 1 fully saturated rings. The second-order valence-corrected chi connectivity index (χ2v) is 4.87. The van der Waals surface area contributed by atoms with Crippen LogP contribution in [-0.2, 0) is 0 Å². The van der Waals surface area contributed by atoms with E-state index in [1.54, 1.807) is 0 Å². The topological polar surface area (TPSA) is 40.5 Å². The van der Waals surface area contributed by atoms with Gasteiger partial charge in [-0.3, -0.25) is 0 Å². The molecule has 8 heteroatoms. The minimum atomic E-state index is -4.29. The zero-order valence-corrected chi connectivity index (χ0v) is 10.8. The van der Waals surface area contributed by atoms with Crippen molar-refractivity contribution >= 4 is 11.7 Å². The molecule has 1 aromatic rings. The summed E-state index contributed by atoms with van der Waals surface area (Å²) in [5.74, 6) is -5.90. The Labute approximate surface area is 117 Å². The molecular weight excluding hydrogens is 297 g/mol. The van der Waals surface area contributed by atoms with Crippen molar-refractivity contribution in [1.82, 2.24) is 0 Å². The minimum absolute atomic E-state index is 0.0625. The summed E-state index contributed by atoms with van der Waals surface area (Å²) in [6.45, 7) is -0.125. The number of nitrogens with zero attached hydrogens (tertiary/aromatic N) is 1. The molecule has 0 amide bonds. The molecule has 3 nitrogen and oxygen atoms in total. The second-order valence-electron chi connectivity index (χ2n) is 4.87. The number of hydrogen-bond donors (Lipinski definition) is 1. The SMILES string of the molecule is O=C(O)c1ccc(N2CCC(C(F)(F)F)CC2)c(F)c1F. The number of carboxylic acids is 1. The van der Waals surface area contributed by atoms with Crippen molar-refractivity contribution in [2.24, 2.45) is 5.92 Å². The maximum atomic E-state index is 13.8. The largest absolute Gasteiger partial charge is 0.478 e. The van der Waals surface area contributed by atoms with Crippen LogP contribution in [0.4, 0.5) is 27.6 Å². The Morgan fingerprint density at radius 2 is 1.71 bits per heavy atom. The minimum Gasteiger partial charge on any atom is -0.478 e. The van der Waals surface area contributed by atoms with E-state index < -0.39 is 35.3 Å². The molecule has 1 aliphatic heterocycles. The van der Waals surface area contributed by atoms with Gasteiger partial charge in [-0.2, -0.15) is 13.2 Å². The van der Waals surface area contributed by atoms with E-state index in [1.807, 2.05) is 0 Å².